The van der Waals surface area contributed by atoms with Gasteiger partial charge in [0.05, 0.1) is 22.6 Å². The van der Waals surface area contributed by atoms with Crippen LogP contribution < -0.4 is 5.46 Å². The highest BCUT2D eigenvalue weighted by Gasteiger charge is 2.52. The molecule has 2 aromatic heterocycles. The number of rotatable bonds is 6. The highest BCUT2D eigenvalue weighted by molar-refractivity contribution is 7.25. The highest BCUT2D eigenvalue weighted by atomic mass is 32.1. The molecular weight excluding hydrogens is 655 g/mol. The van der Waals surface area contributed by atoms with Gasteiger partial charge in [0.25, 0.3) is 0 Å². The Hall–Kier alpha value is -5.01. The van der Waals surface area contributed by atoms with E-state index in [1.807, 2.05) is 11.3 Å². The van der Waals surface area contributed by atoms with Crippen molar-refractivity contribution in [3.8, 4) is 39.3 Å². The Labute approximate surface area is 309 Å². The zero-order valence-electron chi connectivity index (χ0n) is 30.5. The number of fused-ring (bicyclic) bond motifs is 4. The molecule has 0 unspecified atom stereocenters. The molecule has 0 amide bonds. The van der Waals surface area contributed by atoms with E-state index in [0.29, 0.717) is 0 Å². The zero-order valence-corrected chi connectivity index (χ0v) is 31.3. The third kappa shape index (κ3) is 5.32. The molecule has 6 heteroatoms. The van der Waals surface area contributed by atoms with Crippen molar-refractivity contribution in [1.29, 1.82) is 0 Å². The average molecular weight is 697 g/mol. The number of hydrogen-bond acceptors (Lipinski definition) is 4. The lowest BCUT2D eigenvalue weighted by atomic mass is 9.75. The molecule has 1 fully saturated rings. The molecule has 1 aliphatic heterocycles. The summed E-state index contributed by atoms with van der Waals surface area (Å²) in [6.45, 7) is 12.9. The van der Waals surface area contributed by atoms with Crippen LogP contribution in [0.4, 0.5) is 0 Å². The molecule has 9 rings (SSSR count). The van der Waals surface area contributed by atoms with E-state index in [1.165, 1.54) is 36.7 Å². The highest BCUT2D eigenvalue weighted by Crippen LogP contribution is 2.42. The Balaban J connectivity index is 1.17. The third-order valence-electron chi connectivity index (χ3n) is 11.0. The lowest BCUT2D eigenvalue weighted by molar-refractivity contribution is 0.00578. The molecule has 0 radical (unpaired) electrons. The number of nitrogens with zero attached hydrogens (tertiary/aromatic N) is 2. The number of imidazole rings is 1. The average Bonchev–Trinajstić information content (AvgIpc) is 3.79. The summed E-state index contributed by atoms with van der Waals surface area (Å²) in [7, 11) is -0.417. The van der Waals surface area contributed by atoms with Crippen molar-refractivity contribution in [2.45, 2.75) is 58.7 Å². The molecule has 0 bridgehead atoms. The van der Waals surface area contributed by atoms with E-state index >= 15 is 0 Å². The van der Waals surface area contributed by atoms with Gasteiger partial charge in [0.2, 0.25) is 0 Å². The van der Waals surface area contributed by atoms with Crippen LogP contribution in [0.25, 0.3) is 70.3 Å². The first-order valence-corrected chi connectivity index (χ1v) is 19.0. The van der Waals surface area contributed by atoms with E-state index < -0.39 is 18.3 Å². The predicted octanol–water partition coefficient (Wildman–Crippen LogP) is 11.8. The Morgan fingerprint density at radius 1 is 0.596 bits per heavy atom. The topological polar surface area (TPSA) is 36.3 Å². The standard InChI is InChI=1S/C46H41BN2O2S/c1-29(2)44-48-42(30-15-9-7-10-16-30)43(31-17-11-8-12-18-31)49(44)33-24-25-37-38-27-32(23-26-40(38)52-41(37)28-33)34-19-13-21-36-35(34)20-14-22-39(36)47-50-45(3,4)46(5,6)51-47/h7-29H,1-6H3. The first-order valence-electron chi connectivity index (χ1n) is 18.2. The van der Waals surface area contributed by atoms with Gasteiger partial charge < -0.3 is 9.31 Å². The molecule has 3 heterocycles. The van der Waals surface area contributed by atoms with Crippen LogP contribution in [-0.2, 0) is 9.31 Å². The predicted molar refractivity (Wildman–Crippen MR) is 220 cm³/mol. The second-order valence-corrected chi connectivity index (χ2v) is 16.3. The van der Waals surface area contributed by atoms with Gasteiger partial charge in [0.1, 0.15) is 5.82 Å². The first kappa shape index (κ1) is 32.9. The van der Waals surface area contributed by atoms with Gasteiger partial charge in [-0.05, 0) is 79.3 Å². The molecular formula is C46H41BN2O2S. The van der Waals surface area contributed by atoms with Crippen molar-refractivity contribution >= 4 is 54.9 Å². The van der Waals surface area contributed by atoms with Gasteiger partial charge in [-0.3, -0.25) is 4.57 Å². The molecule has 0 N–H and O–H groups in total. The van der Waals surface area contributed by atoms with Crippen molar-refractivity contribution in [1.82, 2.24) is 9.55 Å². The van der Waals surface area contributed by atoms with Crippen LogP contribution in [0, 0.1) is 0 Å². The monoisotopic (exact) mass is 696 g/mol. The minimum atomic E-state index is -0.417. The molecule has 0 spiro atoms. The Morgan fingerprint density at radius 2 is 1.27 bits per heavy atom. The van der Waals surface area contributed by atoms with Crippen LogP contribution in [0.15, 0.2) is 133 Å². The summed E-state index contributed by atoms with van der Waals surface area (Å²) in [5.41, 5.74) is 8.19. The lowest BCUT2D eigenvalue weighted by Gasteiger charge is -2.32. The van der Waals surface area contributed by atoms with Gasteiger partial charge in [0, 0.05) is 42.9 Å². The molecule has 8 aromatic rings. The number of aromatic nitrogens is 2. The number of thiophene rings is 1. The van der Waals surface area contributed by atoms with Crippen molar-refractivity contribution in [3.63, 3.8) is 0 Å². The summed E-state index contributed by atoms with van der Waals surface area (Å²) in [5.74, 6) is 1.28. The Bertz CT molecular complexity index is 2610. The van der Waals surface area contributed by atoms with Crippen LogP contribution >= 0.6 is 11.3 Å². The van der Waals surface area contributed by atoms with Crippen molar-refractivity contribution in [2.75, 3.05) is 0 Å². The van der Waals surface area contributed by atoms with Crippen molar-refractivity contribution in [2.24, 2.45) is 0 Å². The quantitative estimate of drug-likeness (QED) is 0.162. The number of hydrogen-bond donors (Lipinski definition) is 0. The molecule has 0 aliphatic carbocycles. The number of benzene rings is 6. The summed E-state index contributed by atoms with van der Waals surface area (Å²) < 4.78 is 17.9. The van der Waals surface area contributed by atoms with E-state index in [-0.39, 0.29) is 5.92 Å². The SMILES string of the molecule is CC(C)c1nc(-c2ccccc2)c(-c2ccccc2)n1-c1ccc2c(c1)sc1ccc(-c3cccc4c(B5OC(C)(C)C(C)(C)O5)cccc34)cc12. The normalized spacial score (nSPS) is 15.4. The summed E-state index contributed by atoms with van der Waals surface area (Å²) in [6.07, 6.45) is 0. The Morgan fingerprint density at radius 3 is 1.98 bits per heavy atom. The van der Waals surface area contributed by atoms with Gasteiger partial charge in [0.15, 0.2) is 0 Å². The van der Waals surface area contributed by atoms with Crippen molar-refractivity contribution < 1.29 is 9.31 Å². The van der Waals surface area contributed by atoms with Gasteiger partial charge in [-0.1, -0.05) is 123 Å². The second kappa shape index (κ2) is 12.3. The minimum Gasteiger partial charge on any atom is -0.399 e. The van der Waals surface area contributed by atoms with Crippen LogP contribution in [0.3, 0.4) is 0 Å². The molecule has 4 nitrogen and oxygen atoms in total. The van der Waals surface area contributed by atoms with Gasteiger partial charge in [-0.15, -0.1) is 11.3 Å². The summed E-state index contributed by atoms with van der Waals surface area (Å²) in [4.78, 5) is 5.32. The van der Waals surface area contributed by atoms with Gasteiger partial charge >= 0.3 is 7.12 Å². The summed E-state index contributed by atoms with van der Waals surface area (Å²) in [6, 6.07) is 48.1. The van der Waals surface area contributed by atoms with E-state index in [9.17, 15) is 0 Å². The maximum atomic E-state index is 6.49. The minimum absolute atomic E-state index is 0.228. The second-order valence-electron chi connectivity index (χ2n) is 15.2. The molecule has 0 atom stereocenters. The van der Waals surface area contributed by atoms with Crippen LogP contribution in [0.2, 0.25) is 0 Å². The Kier molecular flexibility index (Phi) is 7.78. The lowest BCUT2D eigenvalue weighted by Crippen LogP contribution is -2.41. The van der Waals surface area contributed by atoms with Crippen molar-refractivity contribution in [3.05, 3.63) is 139 Å². The maximum Gasteiger partial charge on any atom is 0.495 e. The van der Waals surface area contributed by atoms with Crippen LogP contribution in [0.5, 0.6) is 0 Å². The van der Waals surface area contributed by atoms with Gasteiger partial charge in [-0.25, -0.2) is 4.98 Å². The summed E-state index contributed by atoms with van der Waals surface area (Å²) >= 11 is 1.85. The fraction of sp³-hybridized carbons (Fsp3) is 0.196. The molecule has 6 aromatic carbocycles. The molecule has 0 saturated carbocycles. The van der Waals surface area contributed by atoms with Gasteiger partial charge in [-0.2, -0.15) is 0 Å². The largest absolute Gasteiger partial charge is 0.495 e. The molecule has 52 heavy (non-hydrogen) atoms. The first-order chi connectivity index (χ1) is 25.1. The smallest absolute Gasteiger partial charge is 0.399 e. The maximum absolute atomic E-state index is 6.49. The summed E-state index contributed by atoms with van der Waals surface area (Å²) in [5, 5.41) is 4.88. The van der Waals surface area contributed by atoms with E-state index in [2.05, 4.69) is 180 Å². The fourth-order valence-corrected chi connectivity index (χ4v) is 8.70. The third-order valence-corrected chi connectivity index (χ3v) is 12.1. The molecule has 1 saturated heterocycles. The molecule has 1 aliphatic rings. The fourth-order valence-electron chi connectivity index (χ4n) is 7.58. The zero-order chi connectivity index (χ0) is 35.8. The van der Waals surface area contributed by atoms with Crippen LogP contribution in [-0.4, -0.2) is 27.9 Å². The van der Waals surface area contributed by atoms with E-state index in [1.54, 1.807) is 0 Å². The van der Waals surface area contributed by atoms with E-state index in [4.69, 9.17) is 14.3 Å². The molecule has 256 valence electrons. The van der Waals surface area contributed by atoms with Crippen LogP contribution in [0.1, 0.15) is 53.3 Å². The van der Waals surface area contributed by atoms with E-state index in [0.717, 1.165) is 44.9 Å².